The first-order chi connectivity index (χ1) is 8.96. The van der Waals surface area contributed by atoms with E-state index in [0.29, 0.717) is 12.3 Å². The summed E-state index contributed by atoms with van der Waals surface area (Å²) in [6, 6.07) is 0. The fourth-order valence-electron chi connectivity index (χ4n) is 2.94. The Morgan fingerprint density at radius 1 is 1.42 bits per heavy atom. The standard InChI is InChI=1S/C15H25ClN2O/c1-4-12-14(16)13(18(5-2)17-12)10-15(3,19)9-11-7-6-8-11/h11,19H,4-10H2,1-3H3. The van der Waals surface area contributed by atoms with Gasteiger partial charge in [-0.2, -0.15) is 5.10 Å². The zero-order valence-electron chi connectivity index (χ0n) is 12.2. The second-order valence-corrected chi connectivity index (χ2v) is 6.43. The van der Waals surface area contributed by atoms with Gasteiger partial charge in [0.05, 0.1) is 22.0 Å². The summed E-state index contributed by atoms with van der Waals surface area (Å²) in [5.41, 5.74) is 1.26. The van der Waals surface area contributed by atoms with Gasteiger partial charge in [-0.1, -0.05) is 37.8 Å². The third kappa shape index (κ3) is 3.32. The summed E-state index contributed by atoms with van der Waals surface area (Å²) in [7, 11) is 0. The van der Waals surface area contributed by atoms with Crippen molar-refractivity contribution < 1.29 is 5.11 Å². The monoisotopic (exact) mass is 284 g/mol. The van der Waals surface area contributed by atoms with Gasteiger partial charge in [0.15, 0.2) is 0 Å². The van der Waals surface area contributed by atoms with Crippen LogP contribution in [0, 0.1) is 5.92 Å². The van der Waals surface area contributed by atoms with Crippen LogP contribution in [0.2, 0.25) is 5.02 Å². The second-order valence-electron chi connectivity index (χ2n) is 6.05. The van der Waals surface area contributed by atoms with E-state index in [1.807, 2.05) is 11.6 Å². The molecule has 0 saturated heterocycles. The van der Waals surface area contributed by atoms with Crippen LogP contribution >= 0.6 is 11.6 Å². The molecule has 0 aliphatic heterocycles. The molecule has 19 heavy (non-hydrogen) atoms. The third-order valence-corrected chi connectivity index (χ3v) is 4.63. The van der Waals surface area contributed by atoms with Crippen molar-refractivity contribution in [3.8, 4) is 0 Å². The molecule has 4 heteroatoms. The first kappa shape index (κ1) is 14.9. The van der Waals surface area contributed by atoms with Gasteiger partial charge in [-0.3, -0.25) is 4.68 Å². The van der Waals surface area contributed by atoms with Crippen LogP contribution in [0.4, 0.5) is 0 Å². The summed E-state index contributed by atoms with van der Waals surface area (Å²) < 4.78 is 1.94. The Bertz CT molecular complexity index is 436. The Hall–Kier alpha value is -0.540. The zero-order chi connectivity index (χ0) is 14.0. The number of hydrogen-bond donors (Lipinski definition) is 1. The average Bonchev–Trinajstić information content (AvgIpc) is 2.61. The van der Waals surface area contributed by atoms with Crippen LogP contribution in [0.5, 0.6) is 0 Å². The third-order valence-electron chi connectivity index (χ3n) is 4.20. The van der Waals surface area contributed by atoms with Crippen molar-refractivity contribution in [2.45, 2.75) is 71.4 Å². The van der Waals surface area contributed by atoms with Crippen LogP contribution in [0.3, 0.4) is 0 Å². The molecule has 1 aliphatic carbocycles. The lowest BCUT2D eigenvalue weighted by Gasteiger charge is -2.33. The molecule has 1 heterocycles. The fourth-order valence-corrected chi connectivity index (χ4v) is 3.27. The first-order valence-corrected chi connectivity index (χ1v) is 7.81. The second kappa shape index (κ2) is 5.84. The summed E-state index contributed by atoms with van der Waals surface area (Å²) >= 11 is 6.40. The Labute approximate surface area is 121 Å². The SMILES string of the molecule is CCc1nn(CC)c(CC(C)(O)CC2CCC2)c1Cl. The van der Waals surface area contributed by atoms with Gasteiger partial charge in [0.1, 0.15) is 0 Å². The number of nitrogens with zero attached hydrogens (tertiary/aromatic N) is 2. The van der Waals surface area contributed by atoms with Crippen LogP contribution in [-0.4, -0.2) is 20.5 Å². The highest BCUT2D eigenvalue weighted by Crippen LogP contribution is 2.36. The summed E-state index contributed by atoms with van der Waals surface area (Å²) in [6.45, 7) is 6.85. The molecule has 3 nitrogen and oxygen atoms in total. The number of rotatable bonds is 6. The van der Waals surface area contributed by atoms with Crippen molar-refractivity contribution in [2.75, 3.05) is 0 Å². The molecule has 0 aromatic carbocycles. The van der Waals surface area contributed by atoms with Crippen molar-refractivity contribution in [2.24, 2.45) is 5.92 Å². The van der Waals surface area contributed by atoms with E-state index in [2.05, 4.69) is 18.9 Å². The summed E-state index contributed by atoms with van der Waals surface area (Å²) in [5.74, 6) is 0.692. The summed E-state index contributed by atoms with van der Waals surface area (Å²) in [4.78, 5) is 0. The molecule has 1 aliphatic rings. The van der Waals surface area contributed by atoms with Gasteiger partial charge in [-0.15, -0.1) is 0 Å². The molecule has 2 rings (SSSR count). The number of aliphatic hydroxyl groups is 1. The zero-order valence-corrected chi connectivity index (χ0v) is 13.0. The van der Waals surface area contributed by atoms with E-state index in [1.54, 1.807) is 0 Å². The molecule has 0 spiro atoms. The normalized spacial score (nSPS) is 19.2. The highest BCUT2D eigenvalue weighted by Gasteiger charge is 2.31. The predicted octanol–water partition coefficient (Wildman–Crippen LogP) is 3.60. The quantitative estimate of drug-likeness (QED) is 0.867. The van der Waals surface area contributed by atoms with Crippen molar-refractivity contribution in [1.82, 2.24) is 9.78 Å². The van der Waals surface area contributed by atoms with Gasteiger partial charge < -0.3 is 5.11 Å². The van der Waals surface area contributed by atoms with Gasteiger partial charge in [0.25, 0.3) is 0 Å². The van der Waals surface area contributed by atoms with Crippen LogP contribution in [0.25, 0.3) is 0 Å². The molecule has 0 amide bonds. The lowest BCUT2D eigenvalue weighted by Crippen LogP contribution is -2.33. The van der Waals surface area contributed by atoms with Crippen molar-refractivity contribution in [1.29, 1.82) is 0 Å². The van der Waals surface area contributed by atoms with E-state index in [4.69, 9.17) is 11.6 Å². The van der Waals surface area contributed by atoms with Crippen LogP contribution in [0.15, 0.2) is 0 Å². The Kier molecular flexibility index (Phi) is 4.57. The summed E-state index contributed by atoms with van der Waals surface area (Å²) in [5, 5.41) is 15.9. The maximum Gasteiger partial charge on any atom is 0.0850 e. The minimum Gasteiger partial charge on any atom is -0.390 e. The Morgan fingerprint density at radius 3 is 2.58 bits per heavy atom. The predicted molar refractivity (Wildman–Crippen MR) is 78.6 cm³/mol. The molecule has 1 fully saturated rings. The molecule has 0 radical (unpaired) electrons. The van der Waals surface area contributed by atoms with Gasteiger partial charge in [-0.05, 0) is 32.6 Å². The minimum atomic E-state index is -0.674. The van der Waals surface area contributed by atoms with E-state index in [9.17, 15) is 5.11 Å². The Morgan fingerprint density at radius 2 is 2.11 bits per heavy atom. The highest BCUT2D eigenvalue weighted by molar-refractivity contribution is 6.31. The van der Waals surface area contributed by atoms with E-state index in [-0.39, 0.29) is 0 Å². The van der Waals surface area contributed by atoms with Crippen molar-refractivity contribution in [3.63, 3.8) is 0 Å². The molecule has 1 N–H and O–H groups in total. The molecule has 108 valence electrons. The van der Waals surface area contributed by atoms with Crippen LogP contribution < -0.4 is 0 Å². The minimum absolute atomic E-state index is 0.600. The fraction of sp³-hybridized carbons (Fsp3) is 0.800. The molecular weight excluding hydrogens is 260 g/mol. The number of aromatic nitrogens is 2. The van der Waals surface area contributed by atoms with Gasteiger partial charge in [-0.25, -0.2) is 0 Å². The average molecular weight is 285 g/mol. The first-order valence-electron chi connectivity index (χ1n) is 7.43. The van der Waals surface area contributed by atoms with E-state index < -0.39 is 5.60 Å². The number of halogens is 1. The van der Waals surface area contributed by atoms with Gasteiger partial charge in [0, 0.05) is 13.0 Å². The molecule has 1 unspecified atom stereocenters. The highest BCUT2D eigenvalue weighted by atomic mass is 35.5. The van der Waals surface area contributed by atoms with Gasteiger partial charge in [0.2, 0.25) is 0 Å². The topological polar surface area (TPSA) is 38.0 Å². The molecule has 1 saturated carbocycles. The number of hydrogen-bond acceptors (Lipinski definition) is 2. The molecule has 0 bridgehead atoms. The van der Waals surface area contributed by atoms with Crippen molar-refractivity contribution in [3.05, 3.63) is 16.4 Å². The smallest absolute Gasteiger partial charge is 0.0850 e. The molecular formula is C15H25ClN2O. The van der Waals surface area contributed by atoms with E-state index in [1.165, 1.54) is 19.3 Å². The lowest BCUT2D eigenvalue weighted by molar-refractivity contribution is 0.0187. The molecule has 1 aromatic rings. The molecule has 1 atom stereocenters. The van der Waals surface area contributed by atoms with E-state index in [0.717, 1.165) is 35.8 Å². The van der Waals surface area contributed by atoms with E-state index >= 15 is 0 Å². The lowest BCUT2D eigenvalue weighted by atomic mass is 9.76. The van der Waals surface area contributed by atoms with Crippen LogP contribution in [-0.2, 0) is 19.4 Å². The van der Waals surface area contributed by atoms with Crippen LogP contribution in [0.1, 0.15) is 57.8 Å². The van der Waals surface area contributed by atoms with Crippen molar-refractivity contribution >= 4 is 11.6 Å². The maximum absolute atomic E-state index is 10.6. The molecule has 1 aromatic heterocycles. The largest absolute Gasteiger partial charge is 0.390 e. The van der Waals surface area contributed by atoms with Gasteiger partial charge >= 0.3 is 0 Å². The maximum atomic E-state index is 10.6. The number of aryl methyl sites for hydroxylation is 2. The Balaban J connectivity index is 2.14. The summed E-state index contributed by atoms with van der Waals surface area (Å²) in [6.07, 6.45) is 6.15.